The van der Waals surface area contributed by atoms with Crippen LogP contribution in [0.1, 0.15) is 51.6 Å². The van der Waals surface area contributed by atoms with Gasteiger partial charge in [0.2, 0.25) is 0 Å². The third-order valence-corrected chi connectivity index (χ3v) is 6.11. The lowest BCUT2D eigenvalue weighted by Crippen LogP contribution is -2.42. The first kappa shape index (κ1) is 19.7. The Labute approximate surface area is 179 Å². The number of β-amino-alcohol motifs (C(OH)–C–C–N with tert-alkyl or cyclic N) is 1. The van der Waals surface area contributed by atoms with E-state index >= 15 is 0 Å². The summed E-state index contributed by atoms with van der Waals surface area (Å²) in [6, 6.07) is 7.46. The number of imidazole rings is 1. The van der Waals surface area contributed by atoms with E-state index in [9.17, 15) is 14.7 Å². The van der Waals surface area contributed by atoms with Gasteiger partial charge in [0.15, 0.2) is 5.69 Å². The highest BCUT2D eigenvalue weighted by Crippen LogP contribution is 2.21. The van der Waals surface area contributed by atoms with Gasteiger partial charge in [-0.2, -0.15) is 5.10 Å². The number of carbonyl (C=O) groups excluding carboxylic acids is 2. The minimum Gasteiger partial charge on any atom is -0.391 e. The molecule has 0 saturated carbocycles. The fraction of sp³-hybridized carbons (Fsp3) is 0.455. The number of aryl methyl sites for hydroxylation is 2. The van der Waals surface area contributed by atoms with Crippen LogP contribution in [-0.4, -0.2) is 71.6 Å². The zero-order chi connectivity index (χ0) is 21.5. The maximum Gasteiger partial charge on any atom is 0.274 e. The molecule has 1 unspecified atom stereocenters. The average molecular weight is 422 g/mol. The van der Waals surface area contributed by atoms with Gasteiger partial charge in [0.1, 0.15) is 11.3 Å². The Balaban J connectivity index is 1.39. The van der Waals surface area contributed by atoms with Gasteiger partial charge >= 0.3 is 0 Å². The molecule has 1 N–H and O–H groups in total. The van der Waals surface area contributed by atoms with Crippen LogP contribution in [0.15, 0.2) is 30.5 Å². The third-order valence-electron chi connectivity index (χ3n) is 6.11. The number of likely N-dealkylation sites (tertiary alicyclic amines) is 1. The van der Waals surface area contributed by atoms with Gasteiger partial charge in [-0.25, -0.2) is 4.98 Å². The molecule has 0 aromatic carbocycles. The van der Waals surface area contributed by atoms with Crippen molar-refractivity contribution >= 4 is 17.5 Å². The van der Waals surface area contributed by atoms with Crippen molar-refractivity contribution in [2.75, 3.05) is 19.6 Å². The lowest BCUT2D eigenvalue weighted by molar-refractivity contribution is 0.0468. The zero-order valence-electron chi connectivity index (χ0n) is 17.6. The molecule has 162 valence electrons. The predicted octanol–water partition coefficient (Wildman–Crippen LogP) is 1.48. The first-order chi connectivity index (χ1) is 15.0. The molecule has 0 aliphatic carbocycles. The van der Waals surface area contributed by atoms with Crippen LogP contribution in [-0.2, 0) is 13.1 Å². The summed E-state index contributed by atoms with van der Waals surface area (Å²) >= 11 is 0. The van der Waals surface area contributed by atoms with E-state index < -0.39 is 6.10 Å². The van der Waals surface area contributed by atoms with Crippen molar-refractivity contribution in [3.05, 3.63) is 53.2 Å². The van der Waals surface area contributed by atoms with Gasteiger partial charge in [-0.15, -0.1) is 0 Å². The Morgan fingerprint density at radius 3 is 2.77 bits per heavy atom. The smallest absolute Gasteiger partial charge is 0.274 e. The van der Waals surface area contributed by atoms with Crippen LogP contribution in [0.3, 0.4) is 0 Å². The van der Waals surface area contributed by atoms with Gasteiger partial charge in [-0.1, -0.05) is 6.07 Å². The second-order valence-electron chi connectivity index (χ2n) is 8.35. The molecular weight excluding hydrogens is 396 g/mol. The summed E-state index contributed by atoms with van der Waals surface area (Å²) in [5.74, 6) is -0.229. The molecule has 1 saturated heterocycles. The number of rotatable bonds is 2. The monoisotopic (exact) mass is 422 g/mol. The average Bonchev–Trinajstić information content (AvgIpc) is 3.25. The lowest BCUT2D eigenvalue weighted by Gasteiger charge is -2.29. The standard InChI is InChI=1S/C22H26N6O3/c1-15-20(27-10-3-2-7-19(27)23-15)22(31)25-9-5-11-28-16(13-25)12-18(24-28)21(30)26-8-4-6-17(29)14-26/h2-3,7,10,12,17,29H,4-6,8-9,11,13-14H2,1H3. The van der Waals surface area contributed by atoms with Gasteiger partial charge in [0.25, 0.3) is 11.8 Å². The van der Waals surface area contributed by atoms with Crippen LogP contribution >= 0.6 is 0 Å². The molecule has 9 nitrogen and oxygen atoms in total. The van der Waals surface area contributed by atoms with Crippen LogP contribution < -0.4 is 0 Å². The molecule has 3 aromatic heterocycles. The zero-order valence-corrected chi connectivity index (χ0v) is 17.6. The molecule has 31 heavy (non-hydrogen) atoms. The number of amides is 2. The number of aliphatic hydroxyl groups excluding tert-OH is 1. The van der Waals surface area contributed by atoms with E-state index in [-0.39, 0.29) is 11.8 Å². The summed E-state index contributed by atoms with van der Waals surface area (Å²) in [5.41, 5.74) is 3.25. The number of nitrogens with zero attached hydrogens (tertiary/aromatic N) is 6. The molecule has 1 atom stereocenters. The minimum atomic E-state index is -0.472. The maximum absolute atomic E-state index is 13.4. The number of fused-ring (bicyclic) bond motifs is 2. The van der Waals surface area contributed by atoms with Crippen molar-refractivity contribution < 1.29 is 14.7 Å². The molecule has 3 aromatic rings. The summed E-state index contributed by atoms with van der Waals surface area (Å²) in [5, 5.41) is 14.4. The highest BCUT2D eigenvalue weighted by Gasteiger charge is 2.29. The number of aliphatic hydroxyl groups is 1. The molecule has 2 aliphatic rings. The SMILES string of the molecule is Cc1nc2ccccn2c1C(=O)N1CCCn2nc(C(=O)N3CCCC(O)C3)cc2C1. The van der Waals surface area contributed by atoms with Gasteiger partial charge in [-0.05, 0) is 44.4 Å². The van der Waals surface area contributed by atoms with Crippen LogP contribution in [0.25, 0.3) is 5.65 Å². The number of pyridine rings is 1. The Morgan fingerprint density at radius 1 is 1.10 bits per heavy atom. The van der Waals surface area contributed by atoms with E-state index in [2.05, 4.69) is 10.1 Å². The van der Waals surface area contributed by atoms with E-state index in [0.717, 1.165) is 30.6 Å². The number of hydrogen-bond donors (Lipinski definition) is 1. The summed E-state index contributed by atoms with van der Waals surface area (Å²) in [6.07, 6.45) is 3.66. The van der Waals surface area contributed by atoms with E-state index in [4.69, 9.17) is 0 Å². The second-order valence-corrected chi connectivity index (χ2v) is 8.35. The number of aromatic nitrogens is 4. The van der Waals surface area contributed by atoms with E-state index in [1.807, 2.05) is 45.3 Å². The van der Waals surface area contributed by atoms with Crippen molar-refractivity contribution in [2.45, 2.75) is 45.4 Å². The third kappa shape index (κ3) is 3.59. The van der Waals surface area contributed by atoms with Crippen molar-refractivity contribution in [3.63, 3.8) is 0 Å². The normalized spacial score (nSPS) is 19.4. The molecule has 9 heteroatoms. The summed E-state index contributed by atoms with van der Waals surface area (Å²) < 4.78 is 3.67. The first-order valence-corrected chi connectivity index (χ1v) is 10.8. The highest BCUT2D eigenvalue weighted by atomic mass is 16.3. The van der Waals surface area contributed by atoms with Crippen LogP contribution in [0.2, 0.25) is 0 Å². The largest absolute Gasteiger partial charge is 0.391 e. The quantitative estimate of drug-likeness (QED) is 0.675. The Bertz CT molecular complexity index is 1150. The maximum atomic E-state index is 13.4. The van der Waals surface area contributed by atoms with Crippen LogP contribution in [0.5, 0.6) is 0 Å². The van der Waals surface area contributed by atoms with E-state index in [1.54, 1.807) is 11.0 Å². The summed E-state index contributed by atoms with van der Waals surface area (Å²) in [4.78, 5) is 34.3. The van der Waals surface area contributed by atoms with Crippen molar-refractivity contribution in [1.29, 1.82) is 0 Å². The topological polar surface area (TPSA) is 96.0 Å². The van der Waals surface area contributed by atoms with Crippen molar-refractivity contribution in [3.8, 4) is 0 Å². The van der Waals surface area contributed by atoms with Gasteiger partial charge in [0, 0.05) is 32.4 Å². The molecule has 5 heterocycles. The van der Waals surface area contributed by atoms with Gasteiger partial charge in [0.05, 0.1) is 24.0 Å². The lowest BCUT2D eigenvalue weighted by atomic mass is 10.1. The molecule has 5 rings (SSSR count). The Hall–Kier alpha value is -3.20. The summed E-state index contributed by atoms with van der Waals surface area (Å²) in [6.45, 7) is 4.49. The first-order valence-electron chi connectivity index (χ1n) is 10.8. The van der Waals surface area contributed by atoms with Crippen molar-refractivity contribution in [1.82, 2.24) is 29.0 Å². The van der Waals surface area contributed by atoms with Crippen LogP contribution in [0, 0.1) is 6.92 Å². The van der Waals surface area contributed by atoms with Gasteiger partial charge in [-0.3, -0.25) is 18.7 Å². The molecule has 2 amide bonds. The molecule has 0 bridgehead atoms. The highest BCUT2D eigenvalue weighted by molar-refractivity contribution is 5.95. The summed E-state index contributed by atoms with van der Waals surface area (Å²) in [7, 11) is 0. The van der Waals surface area contributed by atoms with Gasteiger partial charge < -0.3 is 14.9 Å². The number of carbonyl (C=O) groups is 2. The van der Waals surface area contributed by atoms with E-state index in [1.165, 1.54) is 0 Å². The predicted molar refractivity (Wildman–Crippen MR) is 113 cm³/mol. The fourth-order valence-corrected chi connectivity index (χ4v) is 4.56. The minimum absolute atomic E-state index is 0.0714. The van der Waals surface area contributed by atoms with Crippen LogP contribution in [0.4, 0.5) is 0 Å². The fourth-order valence-electron chi connectivity index (χ4n) is 4.56. The molecule has 0 radical (unpaired) electrons. The Kier molecular flexibility index (Phi) is 4.97. The van der Waals surface area contributed by atoms with Crippen molar-refractivity contribution in [2.24, 2.45) is 0 Å². The van der Waals surface area contributed by atoms with E-state index in [0.29, 0.717) is 49.8 Å². The molecular formula is C22H26N6O3. The number of hydrogen-bond acceptors (Lipinski definition) is 5. The second kappa shape index (κ2) is 7.81. The molecule has 2 aliphatic heterocycles. The number of piperidine rings is 1. The Morgan fingerprint density at radius 2 is 1.94 bits per heavy atom. The molecule has 1 fully saturated rings. The molecule has 0 spiro atoms.